The van der Waals surface area contributed by atoms with Gasteiger partial charge in [-0.2, -0.15) is 0 Å². The summed E-state index contributed by atoms with van der Waals surface area (Å²) < 4.78 is 32.3. The molecular weight excluding hydrogens is 328 g/mol. The van der Waals surface area contributed by atoms with Crippen LogP contribution in [0.15, 0.2) is 29.2 Å². The normalized spacial score (nSPS) is 20.0. The number of benzene rings is 1. The van der Waals surface area contributed by atoms with Gasteiger partial charge in [-0.15, -0.1) is 11.6 Å². The number of hydrogen-bond donors (Lipinski definition) is 3. The first kappa shape index (κ1) is 17.5. The van der Waals surface area contributed by atoms with Crippen molar-refractivity contribution in [2.45, 2.75) is 29.9 Å². The molecule has 1 heterocycles. The molecule has 0 amide bonds. The van der Waals surface area contributed by atoms with Crippen LogP contribution in [0.5, 0.6) is 0 Å². The van der Waals surface area contributed by atoms with E-state index in [0.29, 0.717) is 19.7 Å². The van der Waals surface area contributed by atoms with E-state index in [1.165, 1.54) is 12.1 Å². The van der Waals surface area contributed by atoms with E-state index in [2.05, 4.69) is 10.0 Å². The third-order valence-corrected chi connectivity index (χ3v) is 5.21. The van der Waals surface area contributed by atoms with E-state index in [1.807, 2.05) is 0 Å². The summed E-state index contributed by atoms with van der Waals surface area (Å²) in [4.78, 5) is 0.203. The van der Waals surface area contributed by atoms with Gasteiger partial charge in [0.25, 0.3) is 0 Å². The van der Waals surface area contributed by atoms with Crippen LogP contribution in [0.3, 0.4) is 0 Å². The Morgan fingerprint density at radius 3 is 2.68 bits per heavy atom. The standard InChI is InChI=1S/C14H21ClN2O4S/c15-8-12(18)9-16-11-3-5-14(6-4-11)22(19,20)17-10-13-2-1-7-21-13/h3-6,12-13,16-18H,1-2,7-10H2. The summed E-state index contributed by atoms with van der Waals surface area (Å²) in [5.74, 6) is 0.145. The van der Waals surface area contributed by atoms with Gasteiger partial charge in [-0.05, 0) is 37.1 Å². The summed E-state index contributed by atoms with van der Waals surface area (Å²) >= 11 is 5.50. The molecule has 0 bridgehead atoms. The maximum absolute atomic E-state index is 12.2. The molecular formula is C14H21ClN2O4S. The lowest BCUT2D eigenvalue weighted by Gasteiger charge is -2.13. The maximum Gasteiger partial charge on any atom is 0.240 e. The Kier molecular flexibility index (Phi) is 6.46. The number of aliphatic hydroxyl groups excluding tert-OH is 1. The van der Waals surface area contributed by atoms with E-state index in [0.717, 1.165) is 18.5 Å². The molecule has 2 rings (SSSR count). The van der Waals surface area contributed by atoms with Crippen LogP contribution in [-0.4, -0.2) is 51.3 Å². The van der Waals surface area contributed by atoms with E-state index < -0.39 is 16.1 Å². The fourth-order valence-electron chi connectivity index (χ4n) is 2.13. The predicted molar refractivity (Wildman–Crippen MR) is 85.8 cm³/mol. The molecule has 0 radical (unpaired) electrons. The quantitative estimate of drug-likeness (QED) is 0.613. The fraction of sp³-hybridized carbons (Fsp3) is 0.571. The second-order valence-corrected chi connectivity index (χ2v) is 7.28. The lowest BCUT2D eigenvalue weighted by Crippen LogP contribution is -2.31. The molecule has 2 unspecified atom stereocenters. The monoisotopic (exact) mass is 348 g/mol. The molecule has 1 fully saturated rings. The van der Waals surface area contributed by atoms with Crippen LogP contribution in [0, 0.1) is 0 Å². The van der Waals surface area contributed by atoms with Crippen molar-refractivity contribution in [3.8, 4) is 0 Å². The second kappa shape index (κ2) is 8.12. The molecule has 1 aliphatic heterocycles. The molecule has 0 aromatic heterocycles. The SMILES string of the molecule is O=S(=O)(NCC1CCCO1)c1ccc(NCC(O)CCl)cc1. The first-order chi connectivity index (χ1) is 10.5. The van der Waals surface area contributed by atoms with E-state index in [4.69, 9.17) is 16.3 Å². The molecule has 1 aliphatic rings. The van der Waals surface area contributed by atoms with E-state index in [9.17, 15) is 13.5 Å². The summed E-state index contributed by atoms with van der Waals surface area (Å²) in [7, 11) is -3.53. The minimum Gasteiger partial charge on any atom is -0.390 e. The van der Waals surface area contributed by atoms with Gasteiger partial charge in [0.2, 0.25) is 10.0 Å². The Morgan fingerprint density at radius 1 is 1.36 bits per heavy atom. The Labute approximate surface area is 135 Å². The Morgan fingerprint density at radius 2 is 2.09 bits per heavy atom. The third kappa shape index (κ3) is 5.10. The summed E-state index contributed by atoms with van der Waals surface area (Å²) in [6, 6.07) is 6.35. The van der Waals surface area contributed by atoms with Gasteiger partial charge < -0.3 is 15.2 Å². The van der Waals surface area contributed by atoms with Crippen LogP contribution in [0.2, 0.25) is 0 Å². The number of nitrogens with one attached hydrogen (secondary N) is 2. The highest BCUT2D eigenvalue weighted by Gasteiger charge is 2.20. The smallest absolute Gasteiger partial charge is 0.240 e. The zero-order valence-corrected chi connectivity index (χ0v) is 13.7. The Hall–Kier alpha value is -0.860. The first-order valence-electron chi connectivity index (χ1n) is 7.20. The van der Waals surface area contributed by atoms with Gasteiger partial charge in [0.15, 0.2) is 0 Å². The van der Waals surface area contributed by atoms with Gasteiger partial charge in [-0.25, -0.2) is 13.1 Å². The number of aliphatic hydroxyl groups is 1. The van der Waals surface area contributed by atoms with Crippen molar-refractivity contribution in [2.75, 3.05) is 30.9 Å². The van der Waals surface area contributed by atoms with Crippen molar-refractivity contribution in [3.63, 3.8) is 0 Å². The molecule has 2 atom stereocenters. The van der Waals surface area contributed by atoms with Crippen LogP contribution in [0.25, 0.3) is 0 Å². The number of halogens is 1. The zero-order chi connectivity index (χ0) is 16.0. The fourth-order valence-corrected chi connectivity index (χ4v) is 3.31. The second-order valence-electron chi connectivity index (χ2n) is 5.20. The molecule has 22 heavy (non-hydrogen) atoms. The van der Waals surface area contributed by atoms with E-state index in [1.54, 1.807) is 12.1 Å². The lowest BCUT2D eigenvalue weighted by molar-refractivity contribution is 0.114. The summed E-state index contributed by atoms with van der Waals surface area (Å²) in [5.41, 5.74) is 0.724. The summed E-state index contributed by atoms with van der Waals surface area (Å²) in [5, 5.41) is 12.3. The van der Waals surface area contributed by atoms with Crippen LogP contribution < -0.4 is 10.0 Å². The van der Waals surface area contributed by atoms with Crippen molar-refractivity contribution in [2.24, 2.45) is 0 Å². The minimum atomic E-state index is -3.53. The molecule has 0 saturated carbocycles. The van der Waals surface area contributed by atoms with Gasteiger partial charge in [-0.1, -0.05) is 0 Å². The van der Waals surface area contributed by atoms with Crippen molar-refractivity contribution >= 4 is 27.3 Å². The molecule has 1 aromatic carbocycles. The molecule has 0 aliphatic carbocycles. The Balaban J connectivity index is 1.90. The van der Waals surface area contributed by atoms with Crippen LogP contribution in [0.1, 0.15) is 12.8 Å². The van der Waals surface area contributed by atoms with Crippen molar-refractivity contribution in [3.05, 3.63) is 24.3 Å². The highest BCUT2D eigenvalue weighted by atomic mass is 35.5. The molecule has 3 N–H and O–H groups in total. The largest absolute Gasteiger partial charge is 0.390 e. The number of ether oxygens (including phenoxy) is 1. The van der Waals surface area contributed by atoms with Crippen LogP contribution in [-0.2, 0) is 14.8 Å². The highest BCUT2D eigenvalue weighted by Crippen LogP contribution is 2.15. The van der Waals surface area contributed by atoms with Gasteiger partial charge in [0.1, 0.15) is 0 Å². The molecule has 8 heteroatoms. The Bertz CT molecular complexity index is 559. The first-order valence-corrected chi connectivity index (χ1v) is 9.22. The minimum absolute atomic E-state index is 0.0345. The average Bonchev–Trinajstić information content (AvgIpc) is 3.04. The van der Waals surface area contributed by atoms with Crippen molar-refractivity contribution in [1.82, 2.24) is 4.72 Å². The molecule has 6 nitrogen and oxygen atoms in total. The molecule has 0 spiro atoms. The topological polar surface area (TPSA) is 87.7 Å². The van der Waals surface area contributed by atoms with E-state index in [-0.39, 0.29) is 16.9 Å². The number of sulfonamides is 1. The number of alkyl halides is 1. The average molecular weight is 349 g/mol. The third-order valence-electron chi connectivity index (χ3n) is 3.41. The highest BCUT2D eigenvalue weighted by molar-refractivity contribution is 7.89. The van der Waals surface area contributed by atoms with Gasteiger partial charge in [0.05, 0.1) is 23.0 Å². The van der Waals surface area contributed by atoms with Crippen molar-refractivity contribution < 1.29 is 18.3 Å². The summed E-state index contributed by atoms with van der Waals surface area (Å²) in [6.45, 7) is 1.30. The van der Waals surface area contributed by atoms with Gasteiger partial charge >= 0.3 is 0 Å². The van der Waals surface area contributed by atoms with E-state index >= 15 is 0 Å². The maximum atomic E-state index is 12.2. The molecule has 1 saturated heterocycles. The molecule has 1 aromatic rings. The molecule has 124 valence electrons. The van der Waals surface area contributed by atoms with Crippen LogP contribution >= 0.6 is 11.6 Å². The lowest BCUT2D eigenvalue weighted by atomic mass is 10.2. The predicted octanol–water partition coefficient (Wildman–Crippen LogP) is 1.16. The number of rotatable bonds is 8. The van der Waals surface area contributed by atoms with Gasteiger partial charge in [-0.3, -0.25) is 0 Å². The summed E-state index contributed by atoms with van der Waals surface area (Å²) in [6.07, 6.45) is 1.18. The number of anilines is 1. The van der Waals surface area contributed by atoms with Gasteiger partial charge in [0, 0.05) is 25.4 Å². The number of hydrogen-bond acceptors (Lipinski definition) is 5. The van der Waals surface area contributed by atoms with Crippen LogP contribution in [0.4, 0.5) is 5.69 Å². The zero-order valence-electron chi connectivity index (χ0n) is 12.2. The van der Waals surface area contributed by atoms with Crippen molar-refractivity contribution in [1.29, 1.82) is 0 Å².